The van der Waals surface area contributed by atoms with Gasteiger partial charge in [-0.05, 0) is 6.07 Å². The molecule has 0 aliphatic carbocycles. The summed E-state index contributed by atoms with van der Waals surface area (Å²) in [4.78, 5) is 11.2. The summed E-state index contributed by atoms with van der Waals surface area (Å²) in [6, 6.07) is 0.662. The van der Waals surface area contributed by atoms with Crippen molar-refractivity contribution < 1.29 is 22.7 Å². The van der Waals surface area contributed by atoms with E-state index in [1.807, 2.05) is 0 Å². The molecule has 1 aromatic carbocycles. The highest BCUT2D eigenvalue weighted by atomic mass is 19.2. The van der Waals surface area contributed by atoms with Gasteiger partial charge in [0, 0.05) is 6.42 Å². The van der Waals surface area contributed by atoms with Gasteiger partial charge in [0.1, 0.15) is 0 Å². The van der Waals surface area contributed by atoms with Crippen molar-refractivity contribution in [1.82, 2.24) is 0 Å². The van der Waals surface area contributed by atoms with E-state index in [1.54, 1.807) is 0 Å². The average molecular weight is 202 g/mol. The van der Waals surface area contributed by atoms with Gasteiger partial charge in [-0.3, -0.25) is 4.79 Å². The summed E-state index contributed by atoms with van der Waals surface area (Å²) in [6.07, 6.45) is 0.0531. The number of fused-ring (bicyclic) bond motifs is 1. The maximum atomic E-state index is 13.0. The van der Waals surface area contributed by atoms with Crippen molar-refractivity contribution >= 4 is 5.78 Å². The molecule has 1 heterocycles. The molecule has 1 aliphatic heterocycles. The molecule has 1 aromatic rings. The van der Waals surface area contributed by atoms with Gasteiger partial charge in [-0.15, -0.1) is 0 Å². The minimum Gasteiger partial charge on any atom is -0.489 e. The van der Waals surface area contributed by atoms with Gasteiger partial charge in [0.15, 0.2) is 23.2 Å². The minimum absolute atomic E-state index is 0.00613. The molecule has 0 fully saturated rings. The first-order valence-corrected chi connectivity index (χ1v) is 3.94. The molecule has 14 heavy (non-hydrogen) atoms. The molecule has 74 valence electrons. The van der Waals surface area contributed by atoms with Gasteiger partial charge in [0.2, 0.25) is 5.82 Å². The Hall–Kier alpha value is -1.52. The third kappa shape index (κ3) is 1.16. The molecule has 0 unspecified atom stereocenters. The van der Waals surface area contributed by atoms with Crippen molar-refractivity contribution in [2.75, 3.05) is 6.61 Å². The van der Waals surface area contributed by atoms with Crippen LogP contribution < -0.4 is 4.74 Å². The lowest BCUT2D eigenvalue weighted by atomic mass is 10.0. The van der Waals surface area contributed by atoms with Crippen LogP contribution in [-0.2, 0) is 0 Å². The van der Waals surface area contributed by atoms with E-state index in [4.69, 9.17) is 4.74 Å². The Balaban J connectivity index is 2.69. The number of benzene rings is 1. The van der Waals surface area contributed by atoms with Crippen LogP contribution in [0.25, 0.3) is 0 Å². The van der Waals surface area contributed by atoms with E-state index in [-0.39, 0.29) is 18.6 Å². The van der Waals surface area contributed by atoms with Gasteiger partial charge in [0.25, 0.3) is 0 Å². The second kappa shape index (κ2) is 3.01. The van der Waals surface area contributed by atoms with Crippen LogP contribution in [0.5, 0.6) is 5.75 Å². The summed E-state index contributed by atoms with van der Waals surface area (Å²) in [6.45, 7) is -0.00613. The molecule has 0 aromatic heterocycles. The number of halogens is 3. The molecule has 0 atom stereocenters. The van der Waals surface area contributed by atoms with Crippen molar-refractivity contribution in [2.24, 2.45) is 0 Å². The van der Waals surface area contributed by atoms with E-state index < -0.39 is 29.0 Å². The lowest BCUT2D eigenvalue weighted by molar-refractivity contribution is 0.0927. The van der Waals surface area contributed by atoms with Crippen molar-refractivity contribution in [1.29, 1.82) is 0 Å². The monoisotopic (exact) mass is 202 g/mol. The smallest absolute Gasteiger partial charge is 0.204 e. The SMILES string of the molecule is O=C1CCOc2c1cc(F)c(F)c2F. The highest BCUT2D eigenvalue weighted by Crippen LogP contribution is 2.30. The van der Waals surface area contributed by atoms with E-state index >= 15 is 0 Å². The second-order valence-corrected chi connectivity index (χ2v) is 2.88. The molecule has 0 spiro atoms. The first-order chi connectivity index (χ1) is 6.61. The van der Waals surface area contributed by atoms with Crippen molar-refractivity contribution in [3.05, 3.63) is 29.1 Å². The molecule has 0 saturated carbocycles. The number of hydrogen-bond acceptors (Lipinski definition) is 2. The van der Waals surface area contributed by atoms with Crippen molar-refractivity contribution in [3.8, 4) is 5.75 Å². The quantitative estimate of drug-likeness (QED) is 0.602. The number of ether oxygens (including phenoxy) is 1. The summed E-state index contributed by atoms with van der Waals surface area (Å²) in [7, 11) is 0. The Kier molecular flexibility index (Phi) is 1.94. The first-order valence-electron chi connectivity index (χ1n) is 3.94. The zero-order valence-corrected chi connectivity index (χ0v) is 6.94. The van der Waals surface area contributed by atoms with E-state index in [0.29, 0.717) is 6.07 Å². The highest BCUT2D eigenvalue weighted by Gasteiger charge is 2.26. The van der Waals surface area contributed by atoms with Gasteiger partial charge in [-0.1, -0.05) is 0 Å². The Morgan fingerprint density at radius 3 is 2.64 bits per heavy atom. The maximum Gasteiger partial charge on any atom is 0.204 e. The molecule has 0 N–H and O–H groups in total. The number of ketones is 1. The number of rotatable bonds is 0. The van der Waals surface area contributed by atoms with Crippen LogP contribution in [0.1, 0.15) is 16.8 Å². The number of hydrogen-bond donors (Lipinski definition) is 0. The number of carbonyl (C=O) groups is 1. The third-order valence-corrected chi connectivity index (χ3v) is 1.99. The standard InChI is InChI=1S/C9H5F3O2/c10-5-3-4-6(13)1-2-14-9(4)8(12)7(5)11/h3H,1-2H2. The molecule has 2 nitrogen and oxygen atoms in total. The first kappa shape index (κ1) is 9.05. The van der Waals surface area contributed by atoms with Crippen LogP contribution in [-0.4, -0.2) is 12.4 Å². The van der Waals surface area contributed by atoms with E-state index in [9.17, 15) is 18.0 Å². The summed E-state index contributed by atoms with van der Waals surface area (Å²) in [5, 5.41) is 0. The van der Waals surface area contributed by atoms with Crippen LogP contribution in [0.15, 0.2) is 6.07 Å². The molecule has 2 rings (SSSR count). The normalized spacial score (nSPS) is 14.9. The summed E-state index contributed by atoms with van der Waals surface area (Å²) < 4.78 is 43.2. The van der Waals surface area contributed by atoms with Crippen molar-refractivity contribution in [2.45, 2.75) is 6.42 Å². The van der Waals surface area contributed by atoms with Crippen LogP contribution in [0.3, 0.4) is 0 Å². The fraction of sp³-hybridized carbons (Fsp3) is 0.222. The molecular formula is C9H5F3O2. The lowest BCUT2D eigenvalue weighted by Gasteiger charge is -2.16. The van der Waals surface area contributed by atoms with Gasteiger partial charge in [0.05, 0.1) is 12.2 Å². The number of Topliss-reactive ketones (excluding diaryl/α,β-unsaturated/α-hetero) is 1. The molecule has 0 radical (unpaired) electrons. The summed E-state index contributed by atoms with van der Waals surface area (Å²) >= 11 is 0. The zero-order chi connectivity index (χ0) is 10.3. The summed E-state index contributed by atoms with van der Waals surface area (Å²) in [5.41, 5.74) is -0.229. The second-order valence-electron chi connectivity index (χ2n) is 2.88. The topological polar surface area (TPSA) is 26.3 Å². The zero-order valence-electron chi connectivity index (χ0n) is 6.94. The fourth-order valence-corrected chi connectivity index (χ4v) is 1.31. The van der Waals surface area contributed by atoms with E-state index in [0.717, 1.165) is 0 Å². The van der Waals surface area contributed by atoms with Crippen molar-refractivity contribution in [3.63, 3.8) is 0 Å². The largest absolute Gasteiger partial charge is 0.489 e. The van der Waals surface area contributed by atoms with Gasteiger partial charge >= 0.3 is 0 Å². The highest BCUT2D eigenvalue weighted by molar-refractivity contribution is 5.99. The van der Waals surface area contributed by atoms with Crippen LogP contribution in [0.4, 0.5) is 13.2 Å². The fourth-order valence-electron chi connectivity index (χ4n) is 1.31. The third-order valence-electron chi connectivity index (χ3n) is 1.99. The average Bonchev–Trinajstić information content (AvgIpc) is 2.17. The van der Waals surface area contributed by atoms with E-state index in [1.165, 1.54) is 0 Å². The Morgan fingerprint density at radius 2 is 1.93 bits per heavy atom. The molecular weight excluding hydrogens is 197 g/mol. The van der Waals surface area contributed by atoms with Crippen LogP contribution in [0.2, 0.25) is 0 Å². The Bertz CT molecular complexity index is 415. The minimum atomic E-state index is -1.61. The van der Waals surface area contributed by atoms with E-state index in [2.05, 4.69) is 0 Å². The van der Waals surface area contributed by atoms with Crippen LogP contribution >= 0.6 is 0 Å². The molecule has 5 heteroatoms. The maximum absolute atomic E-state index is 13.0. The van der Waals surface area contributed by atoms with Crippen LogP contribution in [0, 0.1) is 17.5 Å². The molecule has 0 saturated heterocycles. The van der Waals surface area contributed by atoms with Gasteiger partial charge < -0.3 is 4.74 Å². The lowest BCUT2D eigenvalue weighted by Crippen LogP contribution is -2.17. The predicted molar refractivity (Wildman–Crippen MR) is 40.8 cm³/mol. The molecule has 0 amide bonds. The molecule has 1 aliphatic rings. The Morgan fingerprint density at radius 1 is 1.21 bits per heavy atom. The van der Waals surface area contributed by atoms with Gasteiger partial charge in [-0.2, -0.15) is 4.39 Å². The Labute approximate surface area is 77.3 Å². The van der Waals surface area contributed by atoms with Gasteiger partial charge in [-0.25, -0.2) is 8.78 Å². The number of carbonyl (C=O) groups excluding carboxylic acids is 1. The predicted octanol–water partition coefficient (Wildman–Crippen LogP) is 2.07. The summed E-state index contributed by atoms with van der Waals surface area (Å²) in [5.74, 6) is -5.35. The molecule has 0 bridgehead atoms.